The van der Waals surface area contributed by atoms with E-state index in [-0.39, 0.29) is 16.6 Å². The van der Waals surface area contributed by atoms with E-state index in [1.165, 1.54) is 4.90 Å². The molecule has 1 aliphatic heterocycles. The summed E-state index contributed by atoms with van der Waals surface area (Å²) in [6.07, 6.45) is 0. The lowest BCUT2D eigenvalue weighted by molar-refractivity contribution is -0.121. The first-order valence-electron chi connectivity index (χ1n) is 5.47. The Morgan fingerprint density at radius 1 is 1.37 bits per heavy atom. The van der Waals surface area contributed by atoms with E-state index in [1.807, 2.05) is 0 Å². The molecule has 6 nitrogen and oxygen atoms in total. The number of hydrogen-bond donors (Lipinski definition) is 2. The summed E-state index contributed by atoms with van der Waals surface area (Å²) < 4.78 is 24.3. The van der Waals surface area contributed by atoms with Crippen molar-refractivity contribution in [1.29, 1.82) is 0 Å². The Kier molecular flexibility index (Phi) is 3.04. The number of rotatable bonds is 2. The number of likely N-dealkylation sites (N-methyl/N-ethyl adjacent to an activating group) is 1. The van der Waals surface area contributed by atoms with Gasteiger partial charge in [-0.1, -0.05) is 11.6 Å². The highest BCUT2D eigenvalue weighted by molar-refractivity contribution is 7.90. The van der Waals surface area contributed by atoms with Crippen molar-refractivity contribution in [1.82, 2.24) is 0 Å². The first-order chi connectivity index (χ1) is 8.54. The fourth-order valence-electron chi connectivity index (χ4n) is 2.22. The Balaban J connectivity index is 2.62. The SMILES string of the molecule is CN1C(=O)C(C)(C)c2cc(NS(N)(=O)=O)c(Cl)cc21. The Hall–Kier alpha value is -1.31. The number of anilines is 2. The van der Waals surface area contributed by atoms with Gasteiger partial charge in [0.05, 0.1) is 16.1 Å². The molecule has 1 amide bonds. The third kappa shape index (κ3) is 2.29. The third-order valence-electron chi connectivity index (χ3n) is 3.21. The molecule has 19 heavy (non-hydrogen) atoms. The second-order valence-corrected chi connectivity index (χ2v) is 6.69. The zero-order valence-corrected chi connectivity index (χ0v) is 12.3. The van der Waals surface area contributed by atoms with Crippen LogP contribution in [0.2, 0.25) is 5.02 Å². The number of hydrogen-bond acceptors (Lipinski definition) is 3. The molecule has 0 aromatic heterocycles. The summed E-state index contributed by atoms with van der Waals surface area (Å²) in [7, 11) is -2.26. The van der Waals surface area contributed by atoms with Gasteiger partial charge in [-0.05, 0) is 31.5 Å². The molecule has 0 bridgehead atoms. The van der Waals surface area contributed by atoms with Crippen LogP contribution >= 0.6 is 11.6 Å². The van der Waals surface area contributed by atoms with Crippen LogP contribution in [0.1, 0.15) is 19.4 Å². The summed E-state index contributed by atoms with van der Waals surface area (Å²) in [6, 6.07) is 3.10. The Morgan fingerprint density at radius 3 is 2.47 bits per heavy atom. The molecular formula is C11H14ClN3O3S. The van der Waals surface area contributed by atoms with Crippen molar-refractivity contribution in [2.75, 3.05) is 16.7 Å². The minimum absolute atomic E-state index is 0.0775. The van der Waals surface area contributed by atoms with Gasteiger partial charge in [0.25, 0.3) is 10.2 Å². The molecule has 0 atom stereocenters. The largest absolute Gasteiger partial charge is 0.314 e. The Labute approximate surface area is 116 Å². The highest BCUT2D eigenvalue weighted by Crippen LogP contribution is 2.44. The van der Waals surface area contributed by atoms with Crippen molar-refractivity contribution in [3.05, 3.63) is 22.7 Å². The maximum atomic E-state index is 12.1. The minimum Gasteiger partial charge on any atom is -0.314 e. The van der Waals surface area contributed by atoms with E-state index < -0.39 is 15.6 Å². The fourth-order valence-corrected chi connectivity index (χ4v) is 2.95. The molecule has 1 aliphatic rings. The summed E-state index contributed by atoms with van der Waals surface area (Å²) in [6.45, 7) is 3.54. The van der Waals surface area contributed by atoms with Gasteiger partial charge in [0.15, 0.2) is 0 Å². The van der Waals surface area contributed by atoms with Gasteiger partial charge in [-0.15, -0.1) is 0 Å². The van der Waals surface area contributed by atoms with Crippen LogP contribution in [0.25, 0.3) is 0 Å². The van der Waals surface area contributed by atoms with Crippen molar-refractivity contribution in [2.24, 2.45) is 5.14 Å². The summed E-state index contributed by atoms with van der Waals surface area (Å²) in [4.78, 5) is 13.6. The van der Waals surface area contributed by atoms with Crippen molar-refractivity contribution in [3.8, 4) is 0 Å². The number of nitrogens with two attached hydrogens (primary N) is 1. The fraction of sp³-hybridized carbons (Fsp3) is 0.364. The Bertz CT molecular complexity index is 670. The first kappa shape index (κ1) is 14.1. The van der Waals surface area contributed by atoms with Crippen molar-refractivity contribution in [3.63, 3.8) is 0 Å². The zero-order chi connectivity index (χ0) is 14.6. The van der Waals surface area contributed by atoms with Gasteiger partial charge in [0, 0.05) is 12.7 Å². The second kappa shape index (κ2) is 4.09. The molecule has 1 aromatic carbocycles. The number of nitrogens with one attached hydrogen (secondary N) is 1. The number of halogens is 1. The lowest BCUT2D eigenvalue weighted by atomic mass is 9.86. The van der Waals surface area contributed by atoms with Crippen LogP contribution in [0.3, 0.4) is 0 Å². The van der Waals surface area contributed by atoms with Crippen molar-refractivity contribution < 1.29 is 13.2 Å². The van der Waals surface area contributed by atoms with Gasteiger partial charge in [0.1, 0.15) is 0 Å². The predicted octanol–water partition coefficient (Wildman–Crippen LogP) is 1.21. The molecule has 0 saturated carbocycles. The lowest BCUT2D eigenvalue weighted by Crippen LogP contribution is -2.33. The van der Waals surface area contributed by atoms with E-state index in [0.29, 0.717) is 11.3 Å². The first-order valence-corrected chi connectivity index (χ1v) is 7.39. The maximum Gasteiger partial charge on any atom is 0.296 e. The summed E-state index contributed by atoms with van der Waals surface area (Å²) in [5.41, 5.74) is 0.804. The summed E-state index contributed by atoms with van der Waals surface area (Å²) >= 11 is 6.00. The number of fused-ring (bicyclic) bond motifs is 1. The molecule has 0 saturated heterocycles. The average molecular weight is 304 g/mol. The summed E-state index contributed by atoms with van der Waals surface area (Å²) in [5, 5.41) is 5.11. The van der Waals surface area contributed by atoms with Gasteiger partial charge in [0.2, 0.25) is 5.91 Å². The highest BCUT2D eigenvalue weighted by atomic mass is 35.5. The molecule has 2 rings (SSSR count). The van der Waals surface area contributed by atoms with Crippen molar-refractivity contribution >= 4 is 39.1 Å². The summed E-state index contributed by atoms with van der Waals surface area (Å²) in [5.74, 6) is -0.0775. The van der Waals surface area contributed by atoms with E-state index in [1.54, 1.807) is 33.0 Å². The zero-order valence-electron chi connectivity index (χ0n) is 10.7. The van der Waals surface area contributed by atoms with E-state index in [4.69, 9.17) is 16.7 Å². The van der Waals surface area contributed by atoms with Crippen molar-refractivity contribution in [2.45, 2.75) is 19.3 Å². The van der Waals surface area contributed by atoms with E-state index in [0.717, 1.165) is 0 Å². The molecule has 0 radical (unpaired) electrons. The van der Waals surface area contributed by atoms with Crippen LogP contribution < -0.4 is 14.8 Å². The predicted molar refractivity (Wildman–Crippen MR) is 74.6 cm³/mol. The molecule has 1 aromatic rings. The van der Waals surface area contributed by atoms with Crippen LogP contribution in [0.15, 0.2) is 12.1 Å². The standard InChI is InChI=1S/C11H14ClN3O3S/c1-11(2)6-4-8(14-19(13,17)18)7(12)5-9(6)15(3)10(11)16/h4-5,14H,1-3H3,(H2,13,17,18). The molecule has 0 fully saturated rings. The Morgan fingerprint density at radius 2 is 1.95 bits per heavy atom. The third-order valence-corrected chi connectivity index (χ3v) is 4.03. The van der Waals surface area contributed by atoms with Gasteiger partial charge in [-0.2, -0.15) is 8.42 Å². The number of nitrogens with zero attached hydrogens (tertiary/aromatic N) is 1. The number of carbonyl (C=O) groups is 1. The van der Waals surface area contributed by atoms with Crippen LogP contribution in [-0.2, 0) is 20.4 Å². The number of amides is 1. The average Bonchev–Trinajstić information content (AvgIpc) is 2.40. The van der Waals surface area contributed by atoms with Gasteiger partial charge >= 0.3 is 0 Å². The monoisotopic (exact) mass is 303 g/mol. The molecule has 104 valence electrons. The van der Waals surface area contributed by atoms with E-state index >= 15 is 0 Å². The molecule has 3 N–H and O–H groups in total. The molecule has 0 spiro atoms. The van der Waals surface area contributed by atoms with Gasteiger partial charge in [-0.3, -0.25) is 9.52 Å². The van der Waals surface area contributed by atoms with Gasteiger partial charge < -0.3 is 4.90 Å². The van der Waals surface area contributed by atoms with Gasteiger partial charge in [-0.25, -0.2) is 5.14 Å². The molecule has 8 heteroatoms. The molecule has 1 heterocycles. The minimum atomic E-state index is -3.91. The van der Waals surface area contributed by atoms with Crippen LogP contribution in [0.5, 0.6) is 0 Å². The van der Waals surface area contributed by atoms with Crippen LogP contribution in [0, 0.1) is 0 Å². The normalized spacial score (nSPS) is 17.5. The number of carbonyl (C=O) groups excluding carboxylic acids is 1. The number of benzene rings is 1. The topological polar surface area (TPSA) is 92.5 Å². The second-order valence-electron chi connectivity index (χ2n) is 4.99. The molecule has 0 unspecified atom stereocenters. The highest BCUT2D eigenvalue weighted by Gasteiger charge is 2.42. The van der Waals surface area contributed by atoms with Crippen LogP contribution in [0.4, 0.5) is 11.4 Å². The maximum absolute atomic E-state index is 12.1. The lowest BCUT2D eigenvalue weighted by Gasteiger charge is -2.17. The van der Waals surface area contributed by atoms with E-state index in [2.05, 4.69) is 4.72 Å². The smallest absolute Gasteiger partial charge is 0.296 e. The van der Waals surface area contributed by atoms with E-state index in [9.17, 15) is 13.2 Å². The molecule has 0 aliphatic carbocycles. The quantitative estimate of drug-likeness (QED) is 0.860. The molecular weight excluding hydrogens is 290 g/mol. The van der Waals surface area contributed by atoms with Crippen LogP contribution in [-0.4, -0.2) is 21.4 Å².